The normalized spacial score (nSPS) is 17.7. The van der Waals surface area contributed by atoms with Crippen molar-refractivity contribution in [1.29, 1.82) is 0 Å². The summed E-state index contributed by atoms with van der Waals surface area (Å²) in [5, 5.41) is 20.5. The zero-order chi connectivity index (χ0) is 16.8. The smallest absolute Gasteiger partial charge is 0.542 e. The van der Waals surface area contributed by atoms with Crippen LogP contribution in [0.25, 0.3) is 0 Å². The second kappa shape index (κ2) is 9.78. The minimum atomic E-state index is -1.83. The molecule has 2 rings (SSSR count). The van der Waals surface area contributed by atoms with Crippen LogP contribution < -0.4 is 34.7 Å². The fourth-order valence-electron chi connectivity index (χ4n) is 2.63. The summed E-state index contributed by atoms with van der Waals surface area (Å²) >= 11 is 0. The first-order chi connectivity index (χ1) is 11.0. The van der Waals surface area contributed by atoms with Crippen LogP contribution in [0.2, 0.25) is 0 Å². The molecule has 0 saturated carbocycles. The Morgan fingerprint density at radius 3 is 2.58 bits per heavy atom. The maximum Gasteiger partial charge on any atom is 1.00 e. The van der Waals surface area contributed by atoms with Crippen molar-refractivity contribution in [3.05, 3.63) is 35.9 Å². The van der Waals surface area contributed by atoms with Gasteiger partial charge in [0.2, 0.25) is 0 Å². The van der Waals surface area contributed by atoms with Gasteiger partial charge in [0.05, 0.1) is 12.1 Å². The van der Waals surface area contributed by atoms with Gasteiger partial charge in [-0.3, -0.25) is 4.79 Å². The molecule has 1 heterocycles. The molecule has 8 heteroatoms. The number of Topliss-reactive ketones (excluding diaryl/α,β-unsaturated/α-hetero) is 1. The molecular weight excluding hydrogens is 325 g/mol. The number of rotatable bonds is 6. The molecule has 124 valence electrons. The zero-order valence-electron chi connectivity index (χ0n) is 13.5. The maximum atomic E-state index is 12.1. The standard InChI is InChI=1S/C16H19NO6.Na/c18-13(9-14(19)15(20)21)12-7-4-8-17(12)16(22)23-10-11-5-2-1-3-6-11;/h1-3,5-6,12-13,18H,4,7-10H2,(H,20,21);/q;+1/p-1/t12-,13?;/m1./s1. The zero-order valence-corrected chi connectivity index (χ0v) is 15.5. The molecule has 1 saturated heterocycles. The number of nitrogens with zero attached hydrogens (tertiary/aromatic N) is 1. The van der Waals surface area contributed by atoms with E-state index in [0.717, 1.165) is 5.56 Å². The monoisotopic (exact) mass is 343 g/mol. The minimum Gasteiger partial charge on any atom is -0.542 e. The molecule has 0 aliphatic carbocycles. The first-order valence-corrected chi connectivity index (χ1v) is 7.38. The van der Waals surface area contributed by atoms with Crippen LogP contribution in [-0.4, -0.2) is 46.5 Å². The van der Waals surface area contributed by atoms with Gasteiger partial charge in [0, 0.05) is 13.0 Å². The van der Waals surface area contributed by atoms with Gasteiger partial charge in [-0.15, -0.1) is 0 Å². The number of hydrogen-bond donors (Lipinski definition) is 1. The number of benzene rings is 1. The van der Waals surface area contributed by atoms with Gasteiger partial charge in [-0.2, -0.15) is 0 Å². The summed E-state index contributed by atoms with van der Waals surface area (Å²) in [6.45, 7) is 0.506. The van der Waals surface area contributed by atoms with Crippen molar-refractivity contribution in [2.75, 3.05) is 6.54 Å². The predicted octanol–water partition coefficient (Wildman–Crippen LogP) is -3.14. The molecule has 0 spiro atoms. The predicted molar refractivity (Wildman–Crippen MR) is 77.0 cm³/mol. The number of amides is 1. The van der Waals surface area contributed by atoms with E-state index in [9.17, 15) is 24.6 Å². The summed E-state index contributed by atoms with van der Waals surface area (Å²) in [6, 6.07) is 8.53. The van der Waals surface area contributed by atoms with Crippen LogP contribution in [0.4, 0.5) is 4.79 Å². The van der Waals surface area contributed by atoms with Gasteiger partial charge in [-0.05, 0) is 18.4 Å². The minimum absolute atomic E-state index is 0. The summed E-state index contributed by atoms with van der Waals surface area (Å²) in [5.41, 5.74) is 0.837. The summed E-state index contributed by atoms with van der Waals surface area (Å²) in [7, 11) is 0. The quantitative estimate of drug-likeness (QED) is 0.432. The van der Waals surface area contributed by atoms with E-state index in [4.69, 9.17) is 4.74 Å². The molecule has 24 heavy (non-hydrogen) atoms. The third kappa shape index (κ3) is 5.59. The van der Waals surface area contributed by atoms with E-state index in [-0.39, 0.29) is 36.2 Å². The Morgan fingerprint density at radius 1 is 1.29 bits per heavy atom. The molecule has 7 nitrogen and oxygen atoms in total. The number of carboxylic acids is 1. The van der Waals surface area contributed by atoms with E-state index in [2.05, 4.69) is 0 Å². The second-order valence-electron chi connectivity index (χ2n) is 5.43. The van der Waals surface area contributed by atoms with Crippen molar-refractivity contribution < 1.29 is 58.9 Å². The summed E-state index contributed by atoms with van der Waals surface area (Å²) in [4.78, 5) is 35.1. The summed E-state index contributed by atoms with van der Waals surface area (Å²) in [5.74, 6) is -3.01. The molecule has 1 aromatic rings. The number of carboxylic acid groups (broad SMARTS) is 1. The molecule has 1 amide bonds. The van der Waals surface area contributed by atoms with Crippen molar-refractivity contribution in [1.82, 2.24) is 4.90 Å². The van der Waals surface area contributed by atoms with Crippen molar-refractivity contribution >= 4 is 17.8 Å². The van der Waals surface area contributed by atoms with Crippen LogP contribution in [0.1, 0.15) is 24.8 Å². The summed E-state index contributed by atoms with van der Waals surface area (Å²) in [6.07, 6.45) is -1.26. The largest absolute Gasteiger partial charge is 1.00 e. The molecule has 1 N–H and O–H groups in total. The topological polar surface area (TPSA) is 107 Å². The SMILES string of the molecule is O=C([O-])C(=O)CC(O)[C@H]1CCCN1C(=O)OCc1ccccc1.[Na+]. The number of aliphatic hydroxyl groups is 1. The van der Waals surface area contributed by atoms with E-state index >= 15 is 0 Å². The molecule has 2 atom stereocenters. The van der Waals surface area contributed by atoms with Crippen LogP contribution in [0.15, 0.2) is 30.3 Å². The van der Waals surface area contributed by atoms with Gasteiger partial charge in [0.1, 0.15) is 12.6 Å². The molecule has 1 aromatic carbocycles. The number of aliphatic carboxylic acids is 1. The van der Waals surface area contributed by atoms with Crippen LogP contribution in [0, 0.1) is 0 Å². The third-order valence-electron chi connectivity index (χ3n) is 3.81. The van der Waals surface area contributed by atoms with Crippen molar-refractivity contribution in [3.8, 4) is 0 Å². The fourth-order valence-corrected chi connectivity index (χ4v) is 2.63. The molecule has 0 radical (unpaired) electrons. The Hall–Kier alpha value is -1.41. The number of likely N-dealkylation sites (tertiary alicyclic amines) is 1. The van der Waals surface area contributed by atoms with Gasteiger partial charge >= 0.3 is 35.7 Å². The van der Waals surface area contributed by atoms with Gasteiger partial charge in [0.25, 0.3) is 0 Å². The van der Waals surface area contributed by atoms with Gasteiger partial charge in [-0.1, -0.05) is 30.3 Å². The molecule has 1 aliphatic rings. The molecule has 1 fully saturated rings. The number of hydrogen-bond acceptors (Lipinski definition) is 6. The van der Waals surface area contributed by atoms with E-state index in [1.165, 1.54) is 4.90 Å². The fraction of sp³-hybridized carbons (Fsp3) is 0.438. The van der Waals surface area contributed by atoms with Crippen LogP contribution >= 0.6 is 0 Å². The van der Waals surface area contributed by atoms with Gasteiger partial charge in [-0.25, -0.2) is 4.79 Å². The number of carbonyl (C=O) groups is 3. The Bertz CT molecular complexity index is 579. The molecular formula is C16H18NNaO6. The van der Waals surface area contributed by atoms with Gasteiger partial charge in [0.15, 0.2) is 5.78 Å². The van der Waals surface area contributed by atoms with Crippen molar-refractivity contribution in [2.24, 2.45) is 0 Å². The number of carbonyl (C=O) groups excluding carboxylic acids is 3. The van der Waals surface area contributed by atoms with E-state index < -0.39 is 36.4 Å². The van der Waals surface area contributed by atoms with E-state index in [1.807, 2.05) is 30.3 Å². The first-order valence-electron chi connectivity index (χ1n) is 7.38. The number of ether oxygens (including phenoxy) is 1. The number of aliphatic hydroxyl groups excluding tert-OH is 1. The van der Waals surface area contributed by atoms with Crippen LogP contribution in [0.5, 0.6) is 0 Å². The second-order valence-corrected chi connectivity index (χ2v) is 5.43. The Morgan fingerprint density at radius 2 is 1.96 bits per heavy atom. The molecule has 0 bridgehead atoms. The summed E-state index contributed by atoms with van der Waals surface area (Å²) < 4.78 is 5.21. The molecule has 0 aromatic heterocycles. The van der Waals surface area contributed by atoms with Crippen molar-refractivity contribution in [3.63, 3.8) is 0 Å². The van der Waals surface area contributed by atoms with Crippen molar-refractivity contribution in [2.45, 2.75) is 38.0 Å². The average molecular weight is 343 g/mol. The Labute approximate surface area is 161 Å². The van der Waals surface area contributed by atoms with Gasteiger partial charge < -0.3 is 24.6 Å². The average Bonchev–Trinajstić information content (AvgIpc) is 3.03. The van der Waals surface area contributed by atoms with Crippen LogP contribution in [-0.2, 0) is 20.9 Å². The Kier molecular flexibility index (Phi) is 8.41. The Balaban J connectivity index is 0.00000288. The first kappa shape index (κ1) is 20.6. The van der Waals surface area contributed by atoms with E-state index in [1.54, 1.807) is 0 Å². The molecule has 1 aliphatic heterocycles. The molecule has 1 unspecified atom stereocenters. The number of ketones is 1. The maximum absolute atomic E-state index is 12.1. The third-order valence-corrected chi connectivity index (χ3v) is 3.81. The van der Waals surface area contributed by atoms with Crippen LogP contribution in [0.3, 0.4) is 0 Å². The van der Waals surface area contributed by atoms with E-state index in [0.29, 0.717) is 19.4 Å².